The molecule has 0 aliphatic rings. The topological polar surface area (TPSA) is 79.8 Å². The van der Waals surface area contributed by atoms with E-state index in [0.717, 1.165) is 10.9 Å². The van der Waals surface area contributed by atoms with Crippen LogP contribution < -0.4 is 10.9 Å². The van der Waals surface area contributed by atoms with E-state index in [9.17, 15) is 9.59 Å². The van der Waals surface area contributed by atoms with E-state index < -0.39 is 0 Å². The monoisotopic (exact) mass is 428 g/mol. The molecule has 0 unspecified atom stereocenters. The van der Waals surface area contributed by atoms with Gasteiger partial charge >= 0.3 is 0 Å². The van der Waals surface area contributed by atoms with E-state index in [4.69, 9.17) is 23.2 Å². The highest BCUT2D eigenvalue weighted by Gasteiger charge is 2.16. The molecule has 4 aromatic rings. The lowest BCUT2D eigenvalue weighted by Crippen LogP contribution is -2.27. The van der Waals surface area contributed by atoms with Crippen LogP contribution in [0.4, 0.5) is 0 Å². The first-order chi connectivity index (χ1) is 13.9. The third-order valence-electron chi connectivity index (χ3n) is 4.88. The Labute approximate surface area is 176 Å². The highest BCUT2D eigenvalue weighted by Crippen LogP contribution is 2.25. The normalized spacial score (nSPS) is 11.3. The average molecular weight is 429 g/mol. The maximum absolute atomic E-state index is 13.1. The molecule has 2 heterocycles. The average Bonchev–Trinajstić information content (AvgIpc) is 3.10. The SMILES string of the molecule is Cc1[nH]nc2c1c(=O)n(CCC(=O)NCc1ccc(Cl)cc1)c1ccc(Cl)cc21. The largest absolute Gasteiger partial charge is 0.352 e. The third kappa shape index (κ3) is 3.86. The van der Waals surface area contributed by atoms with E-state index in [1.807, 2.05) is 12.1 Å². The predicted molar refractivity (Wildman–Crippen MR) is 116 cm³/mol. The molecule has 1 amide bonds. The summed E-state index contributed by atoms with van der Waals surface area (Å²) in [6.07, 6.45) is 0.174. The van der Waals surface area contributed by atoms with Crippen molar-refractivity contribution in [1.82, 2.24) is 20.1 Å². The molecule has 0 spiro atoms. The molecule has 2 aromatic carbocycles. The van der Waals surface area contributed by atoms with Crippen LogP contribution in [0.15, 0.2) is 47.3 Å². The number of benzene rings is 2. The Morgan fingerprint density at radius 3 is 2.62 bits per heavy atom. The van der Waals surface area contributed by atoms with Gasteiger partial charge < -0.3 is 9.88 Å². The lowest BCUT2D eigenvalue weighted by Gasteiger charge is -2.12. The molecule has 6 nitrogen and oxygen atoms in total. The number of amides is 1. The van der Waals surface area contributed by atoms with Gasteiger partial charge in [-0.05, 0) is 42.8 Å². The van der Waals surface area contributed by atoms with Crippen LogP contribution in [0.1, 0.15) is 17.7 Å². The zero-order valence-corrected chi connectivity index (χ0v) is 17.1. The molecule has 2 N–H and O–H groups in total. The Morgan fingerprint density at radius 2 is 1.86 bits per heavy atom. The smallest absolute Gasteiger partial charge is 0.262 e. The standard InChI is InChI=1S/C21H18Cl2N4O2/c1-12-19-20(26-25-12)16-10-15(23)6-7-17(16)27(21(19)29)9-8-18(28)24-11-13-2-4-14(22)5-3-13/h2-7,10H,8-9,11H2,1H3,(H,24,28)(H,25,26). The molecule has 2 aromatic heterocycles. The summed E-state index contributed by atoms with van der Waals surface area (Å²) in [4.78, 5) is 25.4. The first-order valence-electron chi connectivity index (χ1n) is 9.12. The summed E-state index contributed by atoms with van der Waals surface area (Å²) in [5.74, 6) is -0.141. The molecule has 0 atom stereocenters. The second-order valence-electron chi connectivity index (χ2n) is 6.84. The van der Waals surface area contributed by atoms with Crippen molar-refractivity contribution in [2.75, 3.05) is 0 Å². The molecule has 0 bridgehead atoms. The van der Waals surface area contributed by atoms with Gasteiger partial charge in [0.05, 0.1) is 10.9 Å². The number of carbonyl (C=O) groups is 1. The molecule has 4 rings (SSSR count). The Hall–Kier alpha value is -2.83. The molecule has 0 aliphatic carbocycles. The zero-order valence-electron chi connectivity index (χ0n) is 15.6. The van der Waals surface area contributed by atoms with Crippen LogP contribution in [0.5, 0.6) is 0 Å². The quantitative estimate of drug-likeness (QED) is 0.499. The summed E-state index contributed by atoms with van der Waals surface area (Å²) < 4.78 is 1.61. The number of hydrogen-bond acceptors (Lipinski definition) is 3. The second kappa shape index (κ2) is 7.89. The second-order valence-corrected chi connectivity index (χ2v) is 7.72. The van der Waals surface area contributed by atoms with Gasteiger partial charge in [0.1, 0.15) is 5.52 Å². The van der Waals surface area contributed by atoms with Gasteiger partial charge in [-0.3, -0.25) is 14.7 Å². The van der Waals surface area contributed by atoms with Crippen molar-refractivity contribution < 1.29 is 4.79 Å². The van der Waals surface area contributed by atoms with Crippen molar-refractivity contribution in [2.24, 2.45) is 0 Å². The number of fused-ring (bicyclic) bond motifs is 3. The van der Waals surface area contributed by atoms with E-state index in [1.165, 1.54) is 0 Å². The lowest BCUT2D eigenvalue weighted by atomic mass is 10.1. The van der Waals surface area contributed by atoms with E-state index >= 15 is 0 Å². The minimum atomic E-state index is -0.174. The minimum Gasteiger partial charge on any atom is -0.352 e. The van der Waals surface area contributed by atoms with Crippen LogP contribution >= 0.6 is 23.2 Å². The van der Waals surface area contributed by atoms with Crippen LogP contribution in [-0.2, 0) is 17.9 Å². The summed E-state index contributed by atoms with van der Waals surface area (Å²) in [5.41, 5.74) is 2.76. The highest BCUT2D eigenvalue weighted by atomic mass is 35.5. The van der Waals surface area contributed by atoms with E-state index in [1.54, 1.807) is 41.8 Å². The number of aryl methyl sites for hydroxylation is 2. The molecular weight excluding hydrogens is 411 g/mol. The first-order valence-corrected chi connectivity index (χ1v) is 9.87. The summed E-state index contributed by atoms with van der Waals surface area (Å²) in [7, 11) is 0. The van der Waals surface area contributed by atoms with Gasteiger partial charge in [0, 0.05) is 40.6 Å². The fourth-order valence-electron chi connectivity index (χ4n) is 3.39. The van der Waals surface area contributed by atoms with Crippen LogP contribution in [-0.4, -0.2) is 20.7 Å². The first kappa shape index (κ1) is 19.5. The summed E-state index contributed by atoms with van der Waals surface area (Å²) in [6.45, 7) is 2.46. The Morgan fingerprint density at radius 1 is 1.14 bits per heavy atom. The molecular formula is C21H18Cl2N4O2. The van der Waals surface area contributed by atoms with E-state index in [-0.39, 0.29) is 24.4 Å². The number of nitrogens with zero attached hydrogens (tertiary/aromatic N) is 2. The third-order valence-corrected chi connectivity index (χ3v) is 5.36. The Bertz CT molecular complexity index is 1280. The Kier molecular flexibility index (Phi) is 5.30. The zero-order chi connectivity index (χ0) is 20.5. The van der Waals surface area contributed by atoms with Crippen LogP contribution in [0.25, 0.3) is 21.8 Å². The molecule has 8 heteroatoms. The van der Waals surface area contributed by atoms with E-state index in [0.29, 0.717) is 38.7 Å². The number of aromatic nitrogens is 3. The van der Waals surface area contributed by atoms with Gasteiger partial charge in [-0.15, -0.1) is 0 Å². The highest BCUT2D eigenvalue weighted by molar-refractivity contribution is 6.31. The number of hydrogen-bond donors (Lipinski definition) is 2. The predicted octanol–water partition coefficient (Wildman–Crippen LogP) is 4.20. The lowest BCUT2D eigenvalue weighted by molar-refractivity contribution is -0.121. The van der Waals surface area contributed by atoms with Crippen LogP contribution in [0.3, 0.4) is 0 Å². The maximum Gasteiger partial charge on any atom is 0.262 e. The number of pyridine rings is 1. The van der Waals surface area contributed by atoms with Gasteiger partial charge in [-0.2, -0.15) is 5.10 Å². The summed E-state index contributed by atoms with van der Waals surface area (Å²) >= 11 is 12.0. The minimum absolute atomic E-state index is 0.141. The summed E-state index contributed by atoms with van der Waals surface area (Å²) in [6, 6.07) is 12.6. The Balaban J connectivity index is 1.59. The number of halogens is 2. The van der Waals surface area contributed by atoms with Crippen molar-refractivity contribution in [3.63, 3.8) is 0 Å². The van der Waals surface area contributed by atoms with Crippen molar-refractivity contribution in [3.8, 4) is 0 Å². The molecule has 0 radical (unpaired) electrons. The van der Waals surface area contributed by atoms with Crippen molar-refractivity contribution >= 4 is 50.9 Å². The van der Waals surface area contributed by atoms with Gasteiger partial charge in [-0.1, -0.05) is 35.3 Å². The molecule has 29 heavy (non-hydrogen) atoms. The molecule has 0 saturated heterocycles. The fraction of sp³-hybridized carbons (Fsp3) is 0.190. The van der Waals surface area contributed by atoms with Gasteiger partial charge in [0.25, 0.3) is 5.56 Å². The van der Waals surface area contributed by atoms with Gasteiger partial charge in [-0.25, -0.2) is 0 Å². The number of nitrogens with one attached hydrogen (secondary N) is 2. The van der Waals surface area contributed by atoms with Crippen molar-refractivity contribution in [3.05, 3.63) is 74.1 Å². The number of carbonyl (C=O) groups excluding carboxylic acids is 1. The molecule has 0 fully saturated rings. The molecule has 0 saturated carbocycles. The van der Waals surface area contributed by atoms with Crippen LogP contribution in [0, 0.1) is 6.92 Å². The van der Waals surface area contributed by atoms with Gasteiger partial charge in [0.2, 0.25) is 5.91 Å². The fourth-order valence-corrected chi connectivity index (χ4v) is 3.69. The molecule has 0 aliphatic heterocycles. The maximum atomic E-state index is 13.1. The number of aromatic amines is 1. The number of rotatable bonds is 5. The van der Waals surface area contributed by atoms with Crippen molar-refractivity contribution in [1.29, 1.82) is 0 Å². The molecule has 148 valence electrons. The number of H-pyrrole nitrogens is 1. The van der Waals surface area contributed by atoms with Crippen molar-refractivity contribution in [2.45, 2.75) is 26.4 Å². The van der Waals surface area contributed by atoms with Crippen LogP contribution in [0.2, 0.25) is 10.0 Å². The summed E-state index contributed by atoms with van der Waals surface area (Å²) in [5, 5.41) is 12.5. The van der Waals surface area contributed by atoms with Gasteiger partial charge in [0.15, 0.2) is 0 Å². The van der Waals surface area contributed by atoms with E-state index in [2.05, 4.69) is 15.5 Å².